The highest BCUT2D eigenvalue weighted by Gasteiger charge is 2.37. The normalized spacial score (nSPS) is 21.1. The quantitative estimate of drug-likeness (QED) is 0.278. The molecule has 5 nitrogen and oxygen atoms in total. The number of fused-ring (bicyclic) bond motifs is 3. The van der Waals surface area contributed by atoms with Crippen LogP contribution in [0.4, 0.5) is 11.4 Å². The van der Waals surface area contributed by atoms with Crippen LogP contribution in [0.25, 0.3) is 0 Å². The highest BCUT2D eigenvalue weighted by molar-refractivity contribution is 6.30. The summed E-state index contributed by atoms with van der Waals surface area (Å²) in [5, 5.41) is 15.2. The Hall–Kier alpha value is -3.31. The third-order valence-electron chi connectivity index (χ3n) is 6.12. The molecule has 0 saturated carbocycles. The van der Waals surface area contributed by atoms with E-state index in [2.05, 4.69) is 41.7 Å². The van der Waals surface area contributed by atoms with E-state index in [9.17, 15) is 10.1 Å². The first-order valence-electron chi connectivity index (χ1n) is 10.3. The molecule has 0 unspecified atom stereocenters. The molecule has 31 heavy (non-hydrogen) atoms. The van der Waals surface area contributed by atoms with Crippen LogP contribution in [-0.4, -0.2) is 4.92 Å². The summed E-state index contributed by atoms with van der Waals surface area (Å²) in [6.07, 6.45) is 5.60. The fourth-order valence-corrected chi connectivity index (χ4v) is 4.73. The van der Waals surface area contributed by atoms with Crippen molar-refractivity contribution in [1.82, 2.24) is 0 Å². The van der Waals surface area contributed by atoms with Crippen molar-refractivity contribution in [2.24, 2.45) is 5.92 Å². The van der Waals surface area contributed by atoms with Crippen molar-refractivity contribution in [3.8, 4) is 5.75 Å². The molecule has 2 aliphatic rings. The average Bonchev–Trinajstić information content (AvgIpc) is 3.28. The molecule has 0 saturated heterocycles. The Morgan fingerprint density at radius 1 is 1.06 bits per heavy atom. The zero-order valence-electron chi connectivity index (χ0n) is 16.7. The summed E-state index contributed by atoms with van der Waals surface area (Å²) < 4.78 is 5.87. The molecule has 3 aromatic carbocycles. The molecule has 1 aliphatic heterocycles. The van der Waals surface area contributed by atoms with Crippen LogP contribution in [0, 0.1) is 16.0 Å². The van der Waals surface area contributed by atoms with E-state index in [0.29, 0.717) is 18.4 Å². The maximum atomic E-state index is 10.8. The maximum Gasteiger partial charge on any atom is 0.269 e. The number of non-ortho nitro benzene ring substituents is 1. The molecule has 5 rings (SSSR count). The van der Waals surface area contributed by atoms with Gasteiger partial charge in [-0.05, 0) is 71.5 Å². The molecule has 0 bridgehead atoms. The topological polar surface area (TPSA) is 64.4 Å². The summed E-state index contributed by atoms with van der Waals surface area (Å²) in [4.78, 5) is 10.4. The Morgan fingerprint density at radius 3 is 2.58 bits per heavy atom. The molecule has 156 valence electrons. The number of hydrogen-bond donors (Lipinski definition) is 1. The van der Waals surface area contributed by atoms with Crippen LogP contribution >= 0.6 is 11.6 Å². The van der Waals surface area contributed by atoms with Gasteiger partial charge < -0.3 is 10.1 Å². The summed E-state index contributed by atoms with van der Waals surface area (Å²) in [5.41, 5.74) is 4.60. The summed E-state index contributed by atoms with van der Waals surface area (Å²) in [7, 11) is 0. The largest absolute Gasteiger partial charge is 0.489 e. The number of ether oxygens (including phenoxy) is 1. The van der Waals surface area contributed by atoms with Gasteiger partial charge in [0.25, 0.3) is 5.69 Å². The van der Waals surface area contributed by atoms with Gasteiger partial charge in [-0.3, -0.25) is 10.1 Å². The Labute approximate surface area is 185 Å². The van der Waals surface area contributed by atoms with E-state index in [1.165, 1.54) is 23.3 Å². The number of nitrogens with zero attached hydrogens (tertiary/aromatic N) is 1. The van der Waals surface area contributed by atoms with Gasteiger partial charge in [0.2, 0.25) is 0 Å². The Balaban J connectivity index is 1.30. The van der Waals surface area contributed by atoms with Gasteiger partial charge in [0.15, 0.2) is 0 Å². The smallest absolute Gasteiger partial charge is 0.269 e. The van der Waals surface area contributed by atoms with Gasteiger partial charge in [0.1, 0.15) is 12.4 Å². The number of anilines is 1. The second-order valence-electron chi connectivity index (χ2n) is 7.99. The molecule has 3 aromatic rings. The van der Waals surface area contributed by atoms with Crippen LogP contribution in [0.2, 0.25) is 5.02 Å². The Morgan fingerprint density at radius 2 is 1.84 bits per heavy atom. The zero-order valence-corrected chi connectivity index (χ0v) is 17.5. The van der Waals surface area contributed by atoms with Crippen molar-refractivity contribution in [3.63, 3.8) is 0 Å². The lowest BCUT2D eigenvalue weighted by atomic mass is 9.77. The molecule has 0 aromatic heterocycles. The van der Waals surface area contributed by atoms with Crippen LogP contribution in [0.15, 0.2) is 78.9 Å². The standard InChI is InChI=1S/C25H21ClN2O3/c26-18-8-13-24-23(14-18)21-2-1-3-22(21)25(27-24)17-6-11-20(12-7-17)31-15-16-4-9-19(10-5-16)28(29)30/h1-2,4-14,21-22,25,27H,3,15H2/t21-,22+,25+/m1/s1. The Bertz CT molecular complexity index is 1140. The van der Waals surface area contributed by atoms with Crippen molar-refractivity contribution >= 4 is 23.0 Å². The van der Waals surface area contributed by atoms with Crippen molar-refractivity contribution in [1.29, 1.82) is 0 Å². The number of hydrogen-bond acceptors (Lipinski definition) is 4. The molecular weight excluding hydrogens is 412 g/mol. The molecule has 3 atom stereocenters. The molecule has 1 N–H and O–H groups in total. The van der Waals surface area contributed by atoms with Crippen LogP contribution in [-0.2, 0) is 6.61 Å². The minimum atomic E-state index is -0.403. The van der Waals surface area contributed by atoms with Gasteiger partial charge in [-0.2, -0.15) is 0 Å². The molecule has 0 radical (unpaired) electrons. The minimum Gasteiger partial charge on any atom is -0.489 e. The number of halogens is 1. The van der Waals surface area contributed by atoms with E-state index in [1.807, 2.05) is 18.2 Å². The van der Waals surface area contributed by atoms with Crippen LogP contribution < -0.4 is 10.1 Å². The second kappa shape index (κ2) is 8.08. The molecule has 0 amide bonds. The number of allylic oxidation sites excluding steroid dienone is 2. The first kappa shape index (κ1) is 19.6. The number of nitro groups is 1. The van der Waals surface area contributed by atoms with Gasteiger partial charge in [0, 0.05) is 28.8 Å². The highest BCUT2D eigenvalue weighted by atomic mass is 35.5. The molecule has 1 aliphatic carbocycles. The highest BCUT2D eigenvalue weighted by Crippen LogP contribution is 2.50. The SMILES string of the molecule is O=[N+]([O-])c1ccc(COc2ccc([C@@H]3Nc4ccc(Cl)cc4[C@@H]4C=CC[C@@H]43)cc2)cc1. The lowest BCUT2D eigenvalue weighted by Gasteiger charge is -2.37. The summed E-state index contributed by atoms with van der Waals surface area (Å²) in [5.74, 6) is 1.60. The number of rotatable bonds is 5. The predicted octanol–water partition coefficient (Wildman–Crippen LogP) is 6.65. The molecule has 6 heteroatoms. The summed E-state index contributed by atoms with van der Waals surface area (Å²) in [6, 6.07) is 20.9. The van der Waals surface area contributed by atoms with Crippen LogP contribution in [0.5, 0.6) is 5.75 Å². The van der Waals surface area contributed by atoms with E-state index >= 15 is 0 Å². The van der Waals surface area contributed by atoms with Crippen molar-refractivity contribution < 1.29 is 9.66 Å². The first-order valence-corrected chi connectivity index (χ1v) is 10.6. The van der Waals surface area contributed by atoms with Gasteiger partial charge in [-0.1, -0.05) is 35.9 Å². The van der Waals surface area contributed by atoms with Gasteiger partial charge in [-0.15, -0.1) is 0 Å². The zero-order chi connectivity index (χ0) is 21.4. The van der Waals surface area contributed by atoms with E-state index in [1.54, 1.807) is 12.1 Å². The predicted molar refractivity (Wildman–Crippen MR) is 122 cm³/mol. The summed E-state index contributed by atoms with van der Waals surface area (Å²) >= 11 is 6.24. The average molecular weight is 433 g/mol. The number of nitro benzene ring substituents is 1. The second-order valence-corrected chi connectivity index (χ2v) is 8.42. The Kier molecular flexibility index (Phi) is 5.12. The molecule has 0 spiro atoms. The third-order valence-corrected chi connectivity index (χ3v) is 6.35. The monoisotopic (exact) mass is 432 g/mol. The molecule has 1 heterocycles. The lowest BCUT2D eigenvalue weighted by molar-refractivity contribution is -0.384. The van der Waals surface area contributed by atoms with Gasteiger partial charge in [-0.25, -0.2) is 0 Å². The maximum absolute atomic E-state index is 10.8. The van der Waals surface area contributed by atoms with E-state index in [4.69, 9.17) is 16.3 Å². The van der Waals surface area contributed by atoms with Crippen molar-refractivity contribution in [3.05, 3.63) is 111 Å². The van der Waals surface area contributed by atoms with Crippen LogP contribution in [0.1, 0.15) is 35.1 Å². The fraction of sp³-hybridized carbons (Fsp3) is 0.200. The van der Waals surface area contributed by atoms with Gasteiger partial charge in [0.05, 0.1) is 11.0 Å². The van der Waals surface area contributed by atoms with Crippen molar-refractivity contribution in [2.75, 3.05) is 5.32 Å². The molecule has 0 fully saturated rings. The van der Waals surface area contributed by atoms with E-state index in [0.717, 1.165) is 28.4 Å². The minimum absolute atomic E-state index is 0.0802. The first-order chi connectivity index (χ1) is 15.1. The number of benzene rings is 3. The van der Waals surface area contributed by atoms with Crippen LogP contribution in [0.3, 0.4) is 0 Å². The van der Waals surface area contributed by atoms with E-state index in [-0.39, 0.29) is 11.7 Å². The summed E-state index contributed by atoms with van der Waals surface area (Å²) in [6.45, 7) is 0.363. The number of nitrogens with one attached hydrogen (secondary N) is 1. The van der Waals surface area contributed by atoms with Crippen molar-refractivity contribution in [2.45, 2.75) is 25.0 Å². The van der Waals surface area contributed by atoms with Gasteiger partial charge >= 0.3 is 0 Å². The molecular formula is C25H21ClN2O3. The van der Waals surface area contributed by atoms with E-state index < -0.39 is 4.92 Å². The fourth-order valence-electron chi connectivity index (χ4n) is 4.55. The lowest BCUT2D eigenvalue weighted by Crippen LogP contribution is -2.29. The third kappa shape index (κ3) is 3.89.